The second-order valence-electron chi connectivity index (χ2n) is 6.43. The summed E-state index contributed by atoms with van der Waals surface area (Å²) in [6, 6.07) is 9.88. The zero-order valence-electron chi connectivity index (χ0n) is 16.8. The molecule has 0 aliphatic heterocycles. The van der Waals surface area contributed by atoms with E-state index in [1.54, 1.807) is 21.3 Å². The molecule has 3 aromatic rings. The highest BCUT2D eigenvalue weighted by Gasteiger charge is 2.07. The molecule has 7 nitrogen and oxygen atoms in total. The number of fused-ring (bicyclic) bond motifs is 1. The minimum atomic E-state index is 0.598. The first-order chi connectivity index (χ1) is 13.6. The molecule has 0 aliphatic carbocycles. The van der Waals surface area contributed by atoms with E-state index in [0.717, 1.165) is 47.3 Å². The lowest BCUT2D eigenvalue weighted by molar-refractivity contribution is 0.390. The topological polar surface area (TPSA) is 72.2 Å². The van der Waals surface area contributed by atoms with Crippen molar-refractivity contribution in [2.24, 2.45) is 4.99 Å². The van der Waals surface area contributed by atoms with Crippen LogP contribution in [0.4, 0.5) is 0 Å². The Balaban J connectivity index is 1.54. The molecule has 0 fully saturated rings. The minimum Gasteiger partial charge on any atom is -0.497 e. The lowest BCUT2D eigenvalue weighted by Crippen LogP contribution is -2.37. The fourth-order valence-electron chi connectivity index (χ4n) is 3.03. The number of pyridine rings is 1. The van der Waals surface area contributed by atoms with Gasteiger partial charge in [0.05, 0.1) is 19.9 Å². The molecule has 2 aromatic heterocycles. The Labute approximate surface area is 165 Å². The molecule has 0 aliphatic rings. The Kier molecular flexibility index (Phi) is 6.37. The number of ether oxygens (including phenoxy) is 2. The summed E-state index contributed by atoms with van der Waals surface area (Å²) < 4.78 is 12.7. The molecule has 2 heterocycles. The van der Waals surface area contributed by atoms with Crippen LogP contribution in [0.3, 0.4) is 0 Å². The first-order valence-corrected chi connectivity index (χ1v) is 9.23. The van der Waals surface area contributed by atoms with Gasteiger partial charge < -0.3 is 24.5 Å². The highest BCUT2D eigenvalue weighted by molar-refractivity contribution is 5.79. The number of hydrogen-bond donors (Lipinski definition) is 2. The summed E-state index contributed by atoms with van der Waals surface area (Å²) in [5.74, 6) is 2.28. The molecule has 1 aromatic carbocycles. The summed E-state index contributed by atoms with van der Waals surface area (Å²) in [7, 11) is 5.06. The molecule has 0 atom stereocenters. The molecule has 148 valence electrons. The number of benzene rings is 1. The van der Waals surface area contributed by atoms with Crippen LogP contribution in [0, 0.1) is 6.92 Å². The molecule has 0 saturated heterocycles. The molecular weight excluding hydrogens is 354 g/mol. The number of aromatic nitrogens is 2. The van der Waals surface area contributed by atoms with Gasteiger partial charge in [0, 0.05) is 50.6 Å². The Morgan fingerprint density at radius 1 is 1.18 bits per heavy atom. The van der Waals surface area contributed by atoms with Crippen LogP contribution in [0.1, 0.15) is 16.8 Å². The first-order valence-electron chi connectivity index (χ1n) is 9.23. The zero-order valence-corrected chi connectivity index (χ0v) is 16.8. The first kappa shape index (κ1) is 19.5. The monoisotopic (exact) mass is 381 g/mol. The van der Waals surface area contributed by atoms with Crippen molar-refractivity contribution in [3.8, 4) is 11.5 Å². The van der Waals surface area contributed by atoms with Crippen molar-refractivity contribution in [2.45, 2.75) is 19.9 Å². The molecule has 28 heavy (non-hydrogen) atoms. The van der Waals surface area contributed by atoms with E-state index in [9.17, 15) is 0 Å². The molecule has 0 bridgehead atoms. The van der Waals surface area contributed by atoms with Gasteiger partial charge >= 0.3 is 0 Å². The Bertz CT molecular complexity index is 965. The molecular formula is C21H27N5O2. The zero-order chi connectivity index (χ0) is 19.9. The van der Waals surface area contributed by atoms with Gasteiger partial charge in [0.25, 0.3) is 0 Å². The van der Waals surface area contributed by atoms with Crippen LogP contribution in [0.25, 0.3) is 5.65 Å². The predicted molar refractivity (Wildman–Crippen MR) is 111 cm³/mol. The van der Waals surface area contributed by atoms with Gasteiger partial charge in [0.2, 0.25) is 0 Å². The van der Waals surface area contributed by atoms with E-state index in [-0.39, 0.29) is 0 Å². The number of nitrogens with zero attached hydrogens (tertiary/aromatic N) is 3. The number of aliphatic imine (C=N–C) groups is 1. The van der Waals surface area contributed by atoms with Crippen molar-refractivity contribution in [1.82, 2.24) is 20.0 Å². The van der Waals surface area contributed by atoms with E-state index in [4.69, 9.17) is 14.5 Å². The minimum absolute atomic E-state index is 0.598. The van der Waals surface area contributed by atoms with Crippen LogP contribution in [0.2, 0.25) is 0 Å². The largest absolute Gasteiger partial charge is 0.497 e. The number of nitrogens with one attached hydrogen (secondary N) is 2. The second kappa shape index (κ2) is 9.12. The normalized spacial score (nSPS) is 11.5. The van der Waals surface area contributed by atoms with Gasteiger partial charge in [-0.3, -0.25) is 4.99 Å². The highest BCUT2D eigenvalue weighted by atomic mass is 16.5. The summed E-state index contributed by atoms with van der Waals surface area (Å²) >= 11 is 0. The third-order valence-corrected chi connectivity index (χ3v) is 4.57. The van der Waals surface area contributed by atoms with Crippen molar-refractivity contribution in [3.63, 3.8) is 0 Å². The van der Waals surface area contributed by atoms with Gasteiger partial charge in [0.15, 0.2) is 5.96 Å². The Hall–Kier alpha value is -3.22. The maximum atomic E-state index is 5.44. The van der Waals surface area contributed by atoms with Gasteiger partial charge in [-0.2, -0.15) is 0 Å². The Morgan fingerprint density at radius 3 is 2.75 bits per heavy atom. The van der Waals surface area contributed by atoms with E-state index < -0.39 is 0 Å². The molecule has 3 rings (SSSR count). The molecule has 0 spiro atoms. The molecule has 0 amide bonds. The van der Waals surface area contributed by atoms with E-state index in [0.29, 0.717) is 6.54 Å². The summed E-state index contributed by atoms with van der Waals surface area (Å²) in [5.41, 5.74) is 4.26. The fraction of sp³-hybridized carbons (Fsp3) is 0.333. The van der Waals surface area contributed by atoms with Crippen molar-refractivity contribution < 1.29 is 9.47 Å². The molecule has 2 N–H and O–H groups in total. The van der Waals surface area contributed by atoms with Gasteiger partial charge in [-0.05, 0) is 30.7 Å². The second-order valence-corrected chi connectivity index (χ2v) is 6.43. The van der Waals surface area contributed by atoms with Crippen molar-refractivity contribution in [1.29, 1.82) is 0 Å². The lowest BCUT2D eigenvalue weighted by Gasteiger charge is -2.14. The number of rotatable bonds is 7. The number of guanidine groups is 1. The van der Waals surface area contributed by atoms with E-state index in [1.807, 2.05) is 30.5 Å². The number of methoxy groups -OCH3 is 2. The summed E-state index contributed by atoms with van der Waals surface area (Å²) in [6.45, 7) is 3.41. The maximum Gasteiger partial charge on any atom is 0.191 e. The predicted octanol–water partition coefficient (Wildman–Crippen LogP) is 2.57. The van der Waals surface area contributed by atoms with Gasteiger partial charge in [-0.25, -0.2) is 4.98 Å². The quantitative estimate of drug-likeness (QED) is 0.486. The molecule has 7 heteroatoms. The average molecular weight is 381 g/mol. The molecule has 0 unspecified atom stereocenters. The summed E-state index contributed by atoms with van der Waals surface area (Å²) in [6.07, 6.45) is 4.91. The molecule has 0 saturated carbocycles. The van der Waals surface area contributed by atoms with Crippen LogP contribution in [0.5, 0.6) is 11.5 Å². The number of aryl methyl sites for hydroxylation is 1. The number of imidazole rings is 1. The van der Waals surface area contributed by atoms with Crippen molar-refractivity contribution in [3.05, 3.63) is 59.5 Å². The van der Waals surface area contributed by atoms with Crippen LogP contribution >= 0.6 is 0 Å². The Morgan fingerprint density at radius 2 is 2.04 bits per heavy atom. The SMILES string of the molecule is CN=C(NCCc1cn2cccc(C)c2n1)NCc1ccc(OC)cc1OC. The summed E-state index contributed by atoms with van der Waals surface area (Å²) in [5, 5.41) is 6.64. The smallest absolute Gasteiger partial charge is 0.191 e. The summed E-state index contributed by atoms with van der Waals surface area (Å²) in [4.78, 5) is 8.99. The number of hydrogen-bond acceptors (Lipinski definition) is 4. The third-order valence-electron chi connectivity index (χ3n) is 4.57. The van der Waals surface area contributed by atoms with Crippen molar-refractivity contribution >= 4 is 11.6 Å². The van der Waals surface area contributed by atoms with Crippen molar-refractivity contribution in [2.75, 3.05) is 27.8 Å². The third kappa shape index (κ3) is 4.54. The fourth-order valence-corrected chi connectivity index (χ4v) is 3.03. The van der Waals surface area contributed by atoms with Crippen LogP contribution in [-0.4, -0.2) is 43.2 Å². The van der Waals surface area contributed by atoms with E-state index in [1.165, 1.54) is 5.56 Å². The maximum absolute atomic E-state index is 5.44. The standard InChI is InChI=1S/C21H27N5O2/c1-15-6-5-11-26-14-17(25-20(15)26)9-10-23-21(22-2)24-13-16-7-8-18(27-3)12-19(16)28-4/h5-8,11-12,14H,9-10,13H2,1-4H3,(H2,22,23,24). The van der Waals surface area contributed by atoms with Crippen LogP contribution < -0.4 is 20.1 Å². The van der Waals surface area contributed by atoms with Gasteiger partial charge in [-0.15, -0.1) is 0 Å². The van der Waals surface area contributed by atoms with Gasteiger partial charge in [0.1, 0.15) is 17.1 Å². The van der Waals surface area contributed by atoms with E-state index >= 15 is 0 Å². The average Bonchev–Trinajstić information content (AvgIpc) is 3.14. The lowest BCUT2D eigenvalue weighted by atomic mass is 10.2. The molecule has 0 radical (unpaired) electrons. The van der Waals surface area contributed by atoms with Crippen LogP contribution in [-0.2, 0) is 13.0 Å². The van der Waals surface area contributed by atoms with Gasteiger partial charge in [-0.1, -0.05) is 6.07 Å². The van der Waals surface area contributed by atoms with E-state index in [2.05, 4.69) is 39.2 Å². The highest BCUT2D eigenvalue weighted by Crippen LogP contribution is 2.24. The van der Waals surface area contributed by atoms with Crippen LogP contribution in [0.15, 0.2) is 47.7 Å².